The molecule has 0 radical (unpaired) electrons. The van der Waals surface area contributed by atoms with Gasteiger partial charge in [0, 0.05) is 26.2 Å². The predicted molar refractivity (Wildman–Crippen MR) is 117 cm³/mol. The molecule has 9 heteroatoms. The zero-order valence-corrected chi connectivity index (χ0v) is 18.9. The van der Waals surface area contributed by atoms with Crippen molar-refractivity contribution in [1.82, 2.24) is 14.1 Å². The molecule has 1 saturated heterocycles. The minimum Gasteiger partial charge on any atom is -0.483 e. The van der Waals surface area contributed by atoms with E-state index < -0.39 is 15.3 Å². The fourth-order valence-electron chi connectivity index (χ4n) is 4.84. The largest absolute Gasteiger partial charge is 0.483 e. The zero-order chi connectivity index (χ0) is 21.3. The highest BCUT2D eigenvalue weighted by molar-refractivity contribution is 7.89. The van der Waals surface area contributed by atoms with E-state index in [-0.39, 0.29) is 17.7 Å². The van der Waals surface area contributed by atoms with Crippen molar-refractivity contribution in [3.8, 4) is 5.75 Å². The Morgan fingerprint density at radius 2 is 1.60 bits per heavy atom. The highest BCUT2D eigenvalue weighted by Crippen LogP contribution is 2.33. The lowest BCUT2D eigenvalue weighted by molar-refractivity contribution is 0.203. The summed E-state index contributed by atoms with van der Waals surface area (Å²) in [6, 6.07) is 0.158. The summed E-state index contributed by atoms with van der Waals surface area (Å²) in [5, 5.41) is 4.09. The molecule has 1 aromatic rings. The number of rotatable bonds is 6. The predicted octanol–water partition coefficient (Wildman–Crippen LogP) is 2.54. The Hall–Kier alpha value is -1.61. The Morgan fingerprint density at radius 1 is 1.00 bits per heavy atom. The molecule has 2 saturated carbocycles. The maximum Gasteiger partial charge on any atom is 0.311 e. The molecule has 2 heterocycles. The van der Waals surface area contributed by atoms with Crippen LogP contribution in [0.5, 0.6) is 5.75 Å². The molecule has 8 nitrogen and oxygen atoms in total. The summed E-state index contributed by atoms with van der Waals surface area (Å²) in [5.74, 6) is 0.406. The molecule has 0 N–H and O–H groups in total. The highest BCUT2D eigenvalue weighted by Gasteiger charge is 2.32. The van der Waals surface area contributed by atoms with Crippen LogP contribution in [0.2, 0.25) is 0 Å². The van der Waals surface area contributed by atoms with Gasteiger partial charge in [-0.15, -0.1) is 0 Å². The summed E-state index contributed by atoms with van der Waals surface area (Å²) in [7, 11) is -3.27. The van der Waals surface area contributed by atoms with Gasteiger partial charge in [0.2, 0.25) is 15.8 Å². The molecule has 0 bridgehead atoms. The summed E-state index contributed by atoms with van der Waals surface area (Å²) in [6.45, 7) is 5.30. The molecule has 0 unspecified atom stereocenters. The highest BCUT2D eigenvalue weighted by atomic mass is 32.2. The van der Waals surface area contributed by atoms with Gasteiger partial charge in [-0.25, -0.2) is 13.1 Å². The number of hydrogen-bond acceptors (Lipinski definition) is 6. The van der Waals surface area contributed by atoms with Crippen LogP contribution >= 0.6 is 0 Å². The number of hydrogen-bond donors (Lipinski definition) is 0. The number of aromatic nitrogens is 2. The van der Waals surface area contributed by atoms with Gasteiger partial charge >= 0.3 is 5.56 Å². The van der Waals surface area contributed by atoms with Crippen molar-refractivity contribution in [2.45, 2.75) is 82.6 Å². The monoisotopic (exact) mass is 438 g/mol. The van der Waals surface area contributed by atoms with Crippen LogP contribution < -0.4 is 15.2 Å². The molecule has 168 valence electrons. The van der Waals surface area contributed by atoms with Crippen molar-refractivity contribution >= 4 is 15.7 Å². The van der Waals surface area contributed by atoms with Crippen LogP contribution in [0.25, 0.3) is 0 Å². The van der Waals surface area contributed by atoms with Crippen molar-refractivity contribution in [2.75, 3.05) is 31.1 Å². The molecule has 3 aliphatic rings. The number of ether oxygens (including phenoxy) is 1. The lowest BCUT2D eigenvalue weighted by Crippen LogP contribution is -2.50. The molecular weight excluding hydrogens is 404 g/mol. The van der Waals surface area contributed by atoms with E-state index in [1.54, 1.807) is 29.0 Å². The third-order valence-corrected chi connectivity index (χ3v) is 9.01. The zero-order valence-electron chi connectivity index (χ0n) is 18.1. The number of nitrogens with zero attached hydrogens (tertiary/aromatic N) is 4. The number of piperazine rings is 1. The summed E-state index contributed by atoms with van der Waals surface area (Å²) < 4.78 is 34.4. The molecule has 1 aliphatic heterocycles. The van der Waals surface area contributed by atoms with Crippen LogP contribution in [0.4, 0.5) is 5.69 Å². The van der Waals surface area contributed by atoms with E-state index in [9.17, 15) is 13.2 Å². The van der Waals surface area contributed by atoms with E-state index >= 15 is 0 Å². The molecule has 1 aromatic heterocycles. The Morgan fingerprint density at radius 3 is 2.20 bits per heavy atom. The van der Waals surface area contributed by atoms with E-state index in [2.05, 4.69) is 10.00 Å². The van der Waals surface area contributed by atoms with Crippen LogP contribution in [0.3, 0.4) is 0 Å². The minimum atomic E-state index is -3.27. The van der Waals surface area contributed by atoms with E-state index in [0.29, 0.717) is 37.6 Å². The topological polar surface area (TPSA) is 84.7 Å². The van der Waals surface area contributed by atoms with Crippen molar-refractivity contribution < 1.29 is 13.2 Å². The third-order valence-electron chi connectivity index (χ3n) is 6.73. The normalized spacial score (nSPS) is 22.3. The van der Waals surface area contributed by atoms with Gasteiger partial charge in [-0.05, 0) is 52.4 Å². The number of sulfonamides is 1. The van der Waals surface area contributed by atoms with Gasteiger partial charge < -0.3 is 9.64 Å². The molecule has 0 atom stereocenters. The molecule has 4 rings (SSSR count). The van der Waals surface area contributed by atoms with Crippen molar-refractivity contribution in [3.63, 3.8) is 0 Å². The van der Waals surface area contributed by atoms with Gasteiger partial charge in [0.15, 0.2) is 0 Å². The van der Waals surface area contributed by atoms with Crippen molar-refractivity contribution in [1.29, 1.82) is 0 Å². The Kier molecular flexibility index (Phi) is 6.39. The molecule has 30 heavy (non-hydrogen) atoms. The van der Waals surface area contributed by atoms with Crippen LogP contribution in [-0.2, 0) is 10.0 Å². The maximum absolute atomic E-state index is 13.4. The second-order valence-corrected chi connectivity index (χ2v) is 11.5. The van der Waals surface area contributed by atoms with Gasteiger partial charge in [-0.1, -0.05) is 12.8 Å². The van der Waals surface area contributed by atoms with Crippen LogP contribution in [0, 0.1) is 0 Å². The van der Waals surface area contributed by atoms with E-state index in [4.69, 9.17) is 4.74 Å². The maximum atomic E-state index is 13.4. The Labute approximate surface area is 179 Å². The molecule has 0 aromatic carbocycles. The second-order valence-electron chi connectivity index (χ2n) is 9.05. The lowest BCUT2D eigenvalue weighted by atomic mass is 10.2. The summed E-state index contributed by atoms with van der Waals surface area (Å²) in [5.41, 5.74) is 0.575. The second kappa shape index (κ2) is 8.86. The van der Waals surface area contributed by atoms with Crippen molar-refractivity contribution in [3.05, 3.63) is 16.6 Å². The van der Waals surface area contributed by atoms with Crippen LogP contribution in [0.15, 0.2) is 11.0 Å². The average molecular weight is 439 g/mol. The summed E-state index contributed by atoms with van der Waals surface area (Å²) in [6.07, 6.45) is 10.3. The first-order valence-corrected chi connectivity index (χ1v) is 12.9. The Bertz CT molecular complexity index is 894. The van der Waals surface area contributed by atoms with E-state index in [0.717, 1.165) is 51.4 Å². The summed E-state index contributed by atoms with van der Waals surface area (Å²) >= 11 is 0. The van der Waals surface area contributed by atoms with Gasteiger partial charge in [0.1, 0.15) is 5.69 Å². The first-order chi connectivity index (χ1) is 14.4. The summed E-state index contributed by atoms with van der Waals surface area (Å²) in [4.78, 5) is 15.4. The van der Waals surface area contributed by atoms with Gasteiger partial charge in [0.25, 0.3) is 0 Å². The first-order valence-electron chi connectivity index (χ1n) is 11.4. The van der Waals surface area contributed by atoms with Gasteiger partial charge in [-0.2, -0.15) is 9.40 Å². The fourth-order valence-corrected chi connectivity index (χ4v) is 6.11. The number of anilines is 1. The Balaban J connectivity index is 1.59. The molecule has 3 fully saturated rings. The molecule has 2 aliphatic carbocycles. The molecule has 0 spiro atoms. The smallest absolute Gasteiger partial charge is 0.311 e. The SMILES string of the molecule is CC(C)S(=O)(=O)N1CCN(c2cnn(C3CCCC3)c(=O)c2OC2CCCC2)CC1. The fraction of sp³-hybridized carbons (Fsp3) is 0.810. The quantitative estimate of drug-likeness (QED) is 0.679. The van der Waals surface area contributed by atoms with Gasteiger partial charge in [-0.3, -0.25) is 4.79 Å². The third kappa shape index (κ3) is 4.23. The first kappa shape index (κ1) is 21.6. The standard InChI is InChI=1S/C21H34N4O4S/c1-16(2)30(27,28)24-13-11-23(12-14-24)19-15-22-25(17-7-3-4-8-17)21(26)20(19)29-18-9-5-6-10-18/h15-18H,3-14H2,1-2H3. The van der Waals surface area contributed by atoms with Crippen LogP contribution in [-0.4, -0.2) is 60.0 Å². The molecule has 0 amide bonds. The van der Waals surface area contributed by atoms with Gasteiger partial charge in [0.05, 0.1) is 23.6 Å². The lowest BCUT2D eigenvalue weighted by Gasteiger charge is -2.36. The minimum absolute atomic E-state index is 0.0819. The average Bonchev–Trinajstić information content (AvgIpc) is 3.44. The van der Waals surface area contributed by atoms with Crippen LogP contribution in [0.1, 0.15) is 71.3 Å². The van der Waals surface area contributed by atoms with Crippen molar-refractivity contribution in [2.24, 2.45) is 0 Å². The van der Waals surface area contributed by atoms with E-state index in [1.165, 1.54) is 0 Å². The van der Waals surface area contributed by atoms with E-state index in [1.807, 2.05) is 0 Å². The molecular formula is C21H34N4O4S.